The molecule has 18 heavy (non-hydrogen) atoms. The molecule has 4 heteroatoms. The van der Waals surface area contributed by atoms with Crippen LogP contribution in [0.1, 0.15) is 18.4 Å². The van der Waals surface area contributed by atoms with Crippen LogP contribution in [-0.2, 0) is 5.41 Å². The lowest BCUT2D eigenvalue weighted by Gasteiger charge is -2.18. The van der Waals surface area contributed by atoms with Gasteiger partial charge in [0.1, 0.15) is 5.82 Å². The van der Waals surface area contributed by atoms with Crippen LogP contribution in [0.5, 0.6) is 0 Å². The highest BCUT2D eigenvalue weighted by molar-refractivity contribution is 6.28. The summed E-state index contributed by atoms with van der Waals surface area (Å²) in [6.45, 7) is 1.01. The molecule has 0 N–H and O–H groups in total. The molecule has 90 valence electrons. The number of rotatable bonds is 1. The van der Waals surface area contributed by atoms with Crippen LogP contribution in [0.4, 0.5) is 11.5 Å². The number of aromatic nitrogens is 2. The van der Waals surface area contributed by atoms with Crippen LogP contribution in [0.3, 0.4) is 0 Å². The van der Waals surface area contributed by atoms with Gasteiger partial charge in [0, 0.05) is 23.8 Å². The lowest BCUT2D eigenvalue weighted by Crippen LogP contribution is -2.20. The van der Waals surface area contributed by atoms with Crippen molar-refractivity contribution in [3.8, 4) is 0 Å². The van der Waals surface area contributed by atoms with E-state index in [2.05, 4.69) is 39.1 Å². The fourth-order valence-corrected chi connectivity index (χ4v) is 3.03. The molecular formula is C14H12ClN3. The first-order valence-corrected chi connectivity index (χ1v) is 6.52. The topological polar surface area (TPSA) is 29.0 Å². The average molecular weight is 258 g/mol. The Bertz CT molecular complexity index is 622. The Morgan fingerprint density at radius 1 is 1.17 bits per heavy atom. The summed E-state index contributed by atoms with van der Waals surface area (Å²) in [5.74, 6) is 0.895. The largest absolute Gasteiger partial charge is 0.325 e. The van der Waals surface area contributed by atoms with Crippen molar-refractivity contribution in [1.82, 2.24) is 9.97 Å². The molecule has 1 aromatic carbocycles. The number of para-hydroxylation sites is 1. The molecule has 0 saturated heterocycles. The SMILES string of the molecule is Clc1nccc(N2CC3(CC3)c3ccccc32)n1. The monoisotopic (exact) mass is 257 g/mol. The van der Waals surface area contributed by atoms with Crippen LogP contribution in [0.15, 0.2) is 36.5 Å². The molecule has 4 rings (SSSR count). The minimum atomic E-state index is 0.307. The zero-order valence-corrected chi connectivity index (χ0v) is 10.6. The minimum absolute atomic E-state index is 0.307. The van der Waals surface area contributed by atoms with Crippen molar-refractivity contribution in [2.24, 2.45) is 0 Å². The van der Waals surface area contributed by atoms with Gasteiger partial charge in [-0.05, 0) is 42.1 Å². The van der Waals surface area contributed by atoms with Gasteiger partial charge in [-0.3, -0.25) is 0 Å². The van der Waals surface area contributed by atoms with E-state index in [1.807, 2.05) is 6.07 Å². The maximum absolute atomic E-state index is 5.89. The van der Waals surface area contributed by atoms with Crippen LogP contribution in [0.25, 0.3) is 0 Å². The summed E-state index contributed by atoms with van der Waals surface area (Å²) in [5, 5.41) is 0.307. The number of nitrogens with zero attached hydrogens (tertiary/aromatic N) is 3. The van der Waals surface area contributed by atoms with Crippen molar-refractivity contribution in [2.45, 2.75) is 18.3 Å². The van der Waals surface area contributed by atoms with Crippen molar-refractivity contribution in [3.63, 3.8) is 0 Å². The normalized spacial score (nSPS) is 19.1. The summed E-state index contributed by atoms with van der Waals surface area (Å²) < 4.78 is 0. The molecule has 0 atom stereocenters. The van der Waals surface area contributed by atoms with Crippen LogP contribution >= 0.6 is 11.6 Å². The second-order valence-corrected chi connectivity index (χ2v) is 5.41. The Labute approximate surface area is 110 Å². The molecule has 1 saturated carbocycles. The van der Waals surface area contributed by atoms with E-state index >= 15 is 0 Å². The molecule has 0 unspecified atom stereocenters. The zero-order chi connectivity index (χ0) is 12.2. The Morgan fingerprint density at radius 2 is 2.00 bits per heavy atom. The molecule has 0 amide bonds. The van der Waals surface area contributed by atoms with Crippen LogP contribution in [-0.4, -0.2) is 16.5 Å². The molecule has 2 heterocycles. The number of halogens is 1. The van der Waals surface area contributed by atoms with E-state index < -0.39 is 0 Å². The molecule has 2 aromatic rings. The van der Waals surface area contributed by atoms with E-state index in [0.29, 0.717) is 10.7 Å². The molecule has 2 aliphatic rings. The quantitative estimate of drug-likeness (QED) is 0.734. The van der Waals surface area contributed by atoms with Gasteiger partial charge in [0.2, 0.25) is 5.28 Å². The summed E-state index contributed by atoms with van der Waals surface area (Å²) in [4.78, 5) is 10.5. The Hall–Kier alpha value is -1.61. The zero-order valence-electron chi connectivity index (χ0n) is 9.81. The van der Waals surface area contributed by atoms with Gasteiger partial charge in [0.25, 0.3) is 0 Å². The lowest BCUT2D eigenvalue weighted by atomic mass is 9.99. The van der Waals surface area contributed by atoms with Crippen LogP contribution < -0.4 is 4.90 Å². The van der Waals surface area contributed by atoms with Gasteiger partial charge >= 0.3 is 0 Å². The van der Waals surface area contributed by atoms with Crippen molar-refractivity contribution in [3.05, 3.63) is 47.4 Å². The molecule has 3 nitrogen and oxygen atoms in total. The fraction of sp³-hybridized carbons (Fsp3) is 0.286. The highest BCUT2D eigenvalue weighted by atomic mass is 35.5. The first-order chi connectivity index (χ1) is 8.78. The van der Waals surface area contributed by atoms with Gasteiger partial charge in [-0.15, -0.1) is 0 Å². The third-order valence-electron chi connectivity index (χ3n) is 3.97. The van der Waals surface area contributed by atoms with Gasteiger partial charge < -0.3 is 4.90 Å². The summed E-state index contributed by atoms with van der Waals surface area (Å²) in [5.41, 5.74) is 3.10. The second kappa shape index (κ2) is 3.45. The Balaban J connectivity index is 1.85. The van der Waals surface area contributed by atoms with Crippen molar-refractivity contribution >= 4 is 23.1 Å². The number of hydrogen-bond donors (Lipinski definition) is 0. The maximum atomic E-state index is 5.89. The maximum Gasteiger partial charge on any atom is 0.224 e. The first kappa shape index (κ1) is 10.3. The number of hydrogen-bond acceptors (Lipinski definition) is 3. The van der Waals surface area contributed by atoms with E-state index in [4.69, 9.17) is 11.6 Å². The van der Waals surface area contributed by atoms with E-state index in [9.17, 15) is 0 Å². The van der Waals surface area contributed by atoms with Gasteiger partial charge in [-0.25, -0.2) is 9.97 Å². The average Bonchev–Trinajstić information content (AvgIpc) is 3.09. The predicted molar refractivity (Wildman–Crippen MR) is 71.4 cm³/mol. The highest BCUT2D eigenvalue weighted by Gasteiger charge is 2.51. The van der Waals surface area contributed by atoms with Crippen molar-refractivity contribution < 1.29 is 0 Å². The minimum Gasteiger partial charge on any atom is -0.325 e. The van der Waals surface area contributed by atoms with Gasteiger partial charge in [-0.1, -0.05) is 18.2 Å². The molecule has 1 fully saturated rings. The molecule has 1 aliphatic carbocycles. The van der Waals surface area contributed by atoms with Gasteiger partial charge in [0.15, 0.2) is 0 Å². The van der Waals surface area contributed by atoms with E-state index in [1.165, 1.54) is 24.1 Å². The number of fused-ring (bicyclic) bond motifs is 2. The number of benzene rings is 1. The fourth-order valence-electron chi connectivity index (χ4n) is 2.89. The van der Waals surface area contributed by atoms with Gasteiger partial charge in [-0.2, -0.15) is 0 Å². The van der Waals surface area contributed by atoms with E-state index in [1.54, 1.807) is 6.20 Å². The predicted octanol–water partition coefficient (Wildman–Crippen LogP) is 3.31. The Morgan fingerprint density at radius 3 is 2.78 bits per heavy atom. The third kappa shape index (κ3) is 1.37. The standard InChI is InChI=1S/C14H12ClN3/c15-13-16-8-5-12(17-13)18-9-14(6-7-14)10-3-1-2-4-11(10)18/h1-5,8H,6-7,9H2. The highest BCUT2D eigenvalue weighted by Crippen LogP contribution is 2.57. The van der Waals surface area contributed by atoms with E-state index in [0.717, 1.165) is 12.4 Å². The van der Waals surface area contributed by atoms with Crippen LogP contribution in [0, 0.1) is 0 Å². The molecular weight excluding hydrogens is 246 g/mol. The Kier molecular flexibility index (Phi) is 1.98. The molecule has 0 bridgehead atoms. The van der Waals surface area contributed by atoms with Crippen molar-refractivity contribution in [2.75, 3.05) is 11.4 Å². The molecule has 1 spiro atoms. The summed E-state index contributed by atoms with van der Waals surface area (Å²) in [6.07, 6.45) is 4.27. The smallest absolute Gasteiger partial charge is 0.224 e. The molecule has 0 radical (unpaired) electrons. The van der Waals surface area contributed by atoms with Crippen molar-refractivity contribution in [1.29, 1.82) is 0 Å². The van der Waals surface area contributed by atoms with E-state index in [-0.39, 0.29) is 0 Å². The van der Waals surface area contributed by atoms with Gasteiger partial charge in [0.05, 0.1) is 0 Å². The summed E-state index contributed by atoms with van der Waals surface area (Å²) in [6, 6.07) is 10.5. The number of anilines is 2. The molecule has 1 aliphatic heterocycles. The third-order valence-corrected chi connectivity index (χ3v) is 4.15. The molecule has 1 aromatic heterocycles. The second-order valence-electron chi connectivity index (χ2n) is 5.07. The summed E-state index contributed by atoms with van der Waals surface area (Å²) in [7, 11) is 0. The first-order valence-electron chi connectivity index (χ1n) is 6.14. The summed E-state index contributed by atoms with van der Waals surface area (Å²) >= 11 is 5.89. The van der Waals surface area contributed by atoms with Crippen LogP contribution in [0.2, 0.25) is 5.28 Å². The lowest BCUT2D eigenvalue weighted by molar-refractivity contribution is 0.740.